The lowest BCUT2D eigenvalue weighted by Gasteiger charge is -2.37. The number of carboxylic acid groups (broad SMARTS) is 1. The number of hydrogen-bond acceptors (Lipinski definition) is 4. The molecule has 3 N–H and O–H groups in total. The maximum absolute atomic E-state index is 13.7. The van der Waals surface area contributed by atoms with Crippen molar-refractivity contribution in [3.05, 3.63) is 57.3 Å². The fraction of sp³-hybridized carbons (Fsp3) is 0.409. The third kappa shape index (κ3) is 3.33. The van der Waals surface area contributed by atoms with E-state index >= 15 is 0 Å². The first-order chi connectivity index (χ1) is 14.0. The maximum Gasteiger partial charge on any atom is 0.321 e. The predicted molar refractivity (Wildman–Crippen MR) is 119 cm³/mol. The number of amides is 1. The highest BCUT2D eigenvalue weighted by molar-refractivity contribution is 9.10. The van der Waals surface area contributed by atoms with Crippen LogP contribution in [0.25, 0.3) is 0 Å². The SMILES string of the molecule is CC(C)(C)C[C@H]1N[C@@H](C(=O)O)[C@H](c2cccc(Br)n2)[C@@]12C(=O)Nc1cc(Cl)ccc12. The van der Waals surface area contributed by atoms with Crippen LogP contribution in [-0.2, 0) is 15.0 Å². The molecule has 2 aromatic rings. The van der Waals surface area contributed by atoms with Crippen molar-refractivity contribution >= 4 is 45.1 Å². The van der Waals surface area contributed by atoms with Crippen molar-refractivity contribution in [3.63, 3.8) is 0 Å². The number of pyridine rings is 1. The van der Waals surface area contributed by atoms with Crippen LogP contribution in [0.4, 0.5) is 5.69 Å². The van der Waals surface area contributed by atoms with Crippen LogP contribution in [0.1, 0.15) is 44.4 Å². The van der Waals surface area contributed by atoms with Crippen molar-refractivity contribution < 1.29 is 14.7 Å². The Morgan fingerprint density at radius 1 is 1.30 bits per heavy atom. The van der Waals surface area contributed by atoms with Gasteiger partial charge in [0.15, 0.2) is 0 Å². The van der Waals surface area contributed by atoms with Gasteiger partial charge in [0.25, 0.3) is 0 Å². The molecule has 0 aliphatic carbocycles. The quantitative estimate of drug-likeness (QED) is 0.555. The molecule has 2 aliphatic heterocycles. The van der Waals surface area contributed by atoms with Crippen molar-refractivity contribution in [2.75, 3.05) is 5.32 Å². The van der Waals surface area contributed by atoms with E-state index in [9.17, 15) is 14.7 Å². The van der Waals surface area contributed by atoms with Gasteiger partial charge in [-0.1, -0.05) is 44.5 Å². The minimum absolute atomic E-state index is 0.136. The van der Waals surface area contributed by atoms with E-state index in [-0.39, 0.29) is 11.3 Å². The summed E-state index contributed by atoms with van der Waals surface area (Å²) in [6.07, 6.45) is 0.608. The minimum atomic E-state index is -1.12. The van der Waals surface area contributed by atoms with Crippen LogP contribution >= 0.6 is 27.5 Å². The number of aliphatic carboxylic acids is 1. The fourth-order valence-corrected chi connectivity index (χ4v) is 5.48. The van der Waals surface area contributed by atoms with E-state index in [1.165, 1.54) is 0 Å². The molecule has 30 heavy (non-hydrogen) atoms. The second-order valence-corrected chi connectivity index (χ2v) is 10.4. The van der Waals surface area contributed by atoms with Gasteiger partial charge in [0.05, 0.1) is 0 Å². The molecule has 4 atom stereocenters. The van der Waals surface area contributed by atoms with Crippen LogP contribution in [0.15, 0.2) is 41.0 Å². The molecule has 3 heterocycles. The van der Waals surface area contributed by atoms with Crippen LogP contribution in [-0.4, -0.2) is 34.1 Å². The lowest BCUT2D eigenvalue weighted by Crippen LogP contribution is -2.49. The average molecular weight is 493 g/mol. The molecule has 158 valence electrons. The molecule has 1 amide bonds. The Balaban J connectivity index is 2.00. The van der Waals surface area contributed by atoms with Gasteiger partial charge in [-0.05, 0) is 57.6 Å². The Morgan fingerprint density at radius 2 is 2.03 bits per heavy atom. The Kier molecular flexibility index (Phi) is 5.19. The highest BCUT2D eigenvalue weighted by Crippen LogP contribution is 2.56. The number of aromatic nitrogens is 1. The molecule has 8 heteroatoms. The third-order valence-corrected chi connectivity index (χ3v) is 6.62. The van der Waals surface area contributed by atoms with Gasteiger partial charge in [-0.3, -0.25) is 14.9 Å². The van der Waals surface area contributed by atoms with Gasteiger partial charge >= 0.3 is 5.97 Å². The number of carbonyl (C=O) groups is 2. The Labute approximate surface area is 188 Å². The lowest BCUT2D eigenvalue weighted by molar-refractivity contribution is -0.139. The van der Waals surface area contributed by atoms with Gasteiger partial charge in [-0.2, -0.15) is 0 Å². The van der Waals surface area contributed by atoms with Crippen molar-refractivity contribution in [2.24, 2.45) is 5.41 Å². The first kappa shape index (κ1) is 21.3. The zero-order valence-electron chi connectivity index (χ0n) is 16.9. The lowest BCUT2D eigenvalue weighted by atomic mass is 9.63. The molecule has 1 aromatic heterocycles. The fourth-order valence-electron chi connectivity index (χ4n) is 4.95. The van der Waals surface area contributed by atoms with Crippen molar-refractivity contribution in [1.82, 2.24) is 10.3 Å². The summed E-state index contributed by atoms with van der Waals surface area (Å²) in [6, 6.07) is 9.32. The second-order valence-electron chi connectivity index (χ2n) is 9.18. The molecule has 0 unspecified atom stereocenters. The number of rotatable bonds is 3. The van der Waals surface area contributed by atoms with Crippen LogP contribution in [0.3, 0.4) is 0 Å². The summed E-state index contributed by atoms with van der Waals surface area (Å²) >= 11 is 9.57. The van der Waals surface area contributed by atoms with Gasteiger partial charge in [0.2, 0.25) is 5.91 Å². The van der Waals surface area contributed by atoms with Crippen molar-refractivity contribution in [1.29, 1.82) is 0 Å². The van der Waals surface area contributed by atoms with E-state index in [1.54, 1.807) is 24.3 Å². The average Bonchev–Trinajstić information content (AvgIpc) is 3.10. The standard InChI is InChI=1S/C22H23BrClN3O3/c1-21(2,3)10-15-22(12-8-7-11(24)9-14(12)26-20(22)30)17(18(27-15)19(28)29)13-5-4-6-16(23)25-13/h4-9,15,17-18,27H,10H2,1-3H3,(H,26,30)(H,28,29)/t15-,17+,18-,22+/m1/s1. The molecule has 4 rings (SSSR count). The number of fused-ring (bicyclic) bond motifs is 2. The molecular weight excluding hydrogens is 470 g/mol. The van der Waals surface area contributed by atoms with Crippen LogP contribution in [0.2, 0.25) is 5.02 Å². The van der Waals surface area contributed by atoms with Crippen LogP contribution < -0.4 is 10.6 Å². The number of hydrogen-bond donors (Lipinski definition) is 3. The molecular formula is C22H23BrClN3O3. The molecule has 0 saturated carbocycles. The normalized spacial score (nSPS) is 27.9. The highest BCUT2D eigenvalue weighted by Gasteiger charge is 2.66. The minimum Gasteiger partial charge on any atom is -0.480 e. The number of carbonyl (C=O) groups excluding carboxylic acids is 1. The van der Waals surface area contributed by atoms with E-state index in [0.29, 0.717) is 27.4 Å². The van der Waals surface area contributed by atoms with Gasteiger partial charge in [-0.25, -0.2) is 4.98 Å². The van der Waals surface area contributed by atoms with E-state index in [2.05, 4.69) is 52.3 Å². The number of halogens is 2. The Bertz CT molecular complexity index is 1040. The Hall–Kier alpha value is -1.96. The van der Waals surface area contributed by atoms with Gasteiger partial charge < -0.3 is 10.4 Å². The summed E-state index contributed by atoms with van der Waals surface area (Å²) in [5, 5.41) is 16.9. The predicted octanol–water partition coefficient (Wildman–Crippen LogP) is 4.33. The van der Waals surface area contributed by atoms with Crippen molar-refractivity contribution in [3.8, 4) is 0 Å². The molecule has 6 nitrogen and oxygen atoms in total. The summed E-state index contributed by atoms with van der Waals surface area (Å²) in [5.41, 5.74) is 0.680. The summed E-state index contributed by atoms with van der Waals surface area (Å²) < 4.78 is 0.591. The molecule has 1 spiro atoms. The van der Waals surface area contributed by atoms with E-state index in [1.807, 2.05) is 12.1 Å². The maximum atomic E-state index is 13.7. The number of benzene rings is 1. The summed E-state index contributed by atoms with van der Waals surface area (Å²) in [7, 11) is 0. The molecule has 0 bridgehead atoms. The topological polar surface area (TPSA) is 91.3 Å². The molecule has 1 saturated heterocycles. The summed E-state index contributed by atoms with van der Waals surface area (Å²) in [6.45, 7) is 6.25. The smallest absolute Gasteiger partial charge is 0.321 e. The summed E-state index contributed by atoms with van der Waals surface area (Å²) in [5.74, 6) is -1.92. The third-order valence-electron chi connectivity index (χ3n) is 5.94. The van der Waals surface area contributed by atoms with Gasteiger partial charge in [0, 0.05) is 28.4 Å². The van der Waals surface area contributed by atoms with Crippen LogP contribution in [0, 0.1) is 5.41 Å². The molecule has 0 radical (unpaired) electrons. The van der Waals surface area contributed by atoms with Gasteiger partial charge in [-0.15, -0.1) is 0 Å². The largest absolute Gasteiger partial charge is 0.480 e. The number of nitrogens with zero attached hydrogens (tertiary/aromatic N) is 1. The molecule has 2 aliphatic rings. The Morgan fingerprint density at radius 3 is 2.67 bits per heavy atom. The summed E-state index contributed by atoms with van der Waals surface area (Å²) in [4.78, 5) is 30.6. The highest BCUT2D eigenvalue weighted by atomic mass is 79.9. The molecule has 1 fully saturated rings. The van der Waals surface area contributed by atoms with E-state index in [4.69, 9.17) is 11.6 Å². The van der Waals surface area contributed by atoms with E-state index < -0.39 is 29.4 Å². The first-order valence-electron chi connectivity index (χ1n) is 9.77. The second kappa shape index (κ2) is 7.32. The zero-order valence-corrected chi connectivity index (χ0v) is 19.2. The monoisotopic (exact) mass is 491 g/mol. The van der Waals surface area contributed by atoms with Crippen LogP contribution in [0.5, 0.6) is 0 Å². The number of anilines is 1. The van der Waals surface area contributed by atoms with Gasteiger partial charge in [0.1, 0.15) is 16.1 Å². The van der Waals surface area contributed by atoms with Crippen molar-refractivity contribution in [2.45, 2.75) is 50.6 Å². The molecule has 1 aromatic carbocycles. The zero-order chi connectivity index (χ0) is 21.8. The van der Waals surface area contributed by atoms with E-state index in [0.717, 1.165) is 5.56 Å². The first-order valence-corrected chi connectivity index (χ1v) is 10.9. The number of nitrogens with one attached hydrogen (secondary N) is 2. The number of carboxylic acids is 1.